The summed E-state index contributed by atoms with van der Waals surface area (Å²) in [6, 6.07) is 3.65. The Morgan fingerprint density at radius 2 is 2.06 bits per heavy atom. The maximum atomic E-state index is 11.9. The van der Waals surface area contributed by atoms with Gasteiger partial charge < -0.3 is 10.6 Å². The molecule has 0 radical (unpaired) electrons. The summed E-state index contributed by atoms with van der Waals surface area (Å²) in [6.45, 7) is 2.57. The van der Waals surface area contributed by atoms with Crippen LogP contribution in [0.2, 0.25) is 0 Å². The topological polar surface area (TPSA) is 51.3 Å². The quantitative estimate of drug-likeness (QED) is 0.849. The van der Waals surface area contributed by atoms with Crippen LogP contribution < -0.4 is 16.2 Å². The normalized spacial score (nSPS) is 15.5. The molecule has 2 rings (SSSR count). The van der Waals surface area contributed by atoms with E-state index >= 15 is 0 Å². The zero-order valence-corrected chi connectivity index (χ0v) is 10.5. The van der Waals surface area contributed by atoms with Gasteiger partial charge in [0.15, 0.2) is 0 Å². The van der Waals surface area contributed by atoms with Crippen molar-refractivity contribution >= 4 is 5.82 Å². The first-order valence-corrected chi connectivity index (χ1v) is 6.38. The molecule has 0 amide bonds. The molecule has 0 atom stereocenters. The van der Waals surface area contributed by atoms with Crippen LogP contribution in [0, 0.1) is 0 Å². The summed E-state index contributed by atoms with van der Waals surface area (Å²) in [4.78, 5) is 14.1. The minimum absolute atomic E-state index is 0.116. The highest BCUT2D eigenvalue weighted by Gasteiger charge is 2.16. The average molecular weight is 235 g/mol. The molecule has 4 heteroatoms. The van der Waals surface area contributed by atoms with Gasteiger partial charge in [-0.05, 0) is 43.9 Å². The maximum Gasteiger partial charge on any atom is 0.252 e. The number of rotatable bonds is 3. The number of anilines is 1. The van der Waals surface area contributed by atoms with Crippen molar-refractivity contribution < 1.29 is 0 Å². The monoisotopic (exact) mass is 235 g/mol. The van der Waals surface area contributed by atoms with Crippen LogP contribution in [-0.2, 0) is 13.0 Å². The van der Waals surface area contributed by atoms with E-state index in [-0.39, 0.29) is 5.56 Å². The van der Waals surface area contributed by atoms with Gasteiger partial charge in [0.25, 0.3) is 5.56 Å². The number of hydrogen-bond acceptors (Lipinski definition) is 3. The maximum absolute atomic E-state index is 11.9. The van der Waals surface area contributed by atoms with Crippen molar-refractivity contribution in [2.24, 2.45) is 5.73 Å². The predicted octanol–water partition coefficient (Wildman–Crippen LogP) is 0.970. The lowest BCUT2D eigenvalue weighted by molar-refractivity contribution is 0.634. The van der Waals surface area contributed by atoms with Crippen molar-refractivity contribution in [2.45, 2.75) is 32.2 Å². The molecule has 1 aromatic heterocycles. The molecule has 0 saturated carbocycles. The molecule has 0 spiro atoms. The van der Waals surface area contributed by atoms with Gasteiger partial charge in [-0.3, -0.25) is 9.36 Å². The van der Waals surface area contributed by atoms with Crippen LogP contribution in [0.3, 0.4) is 0 Å². The second-order valence-corrected chi connectivity index (χ2v) is 4.69. The van der Waals surface area contributed by atoms with Gasteiger partial charge in [0, 0.05) is 26.2 Å². The molecule has 1 aromatic rings. The van der Waals surface area contributed by atoms with Crippen LogP contribution in [0.25, 0.3) is 0 Å². The molecule has 1 aliphatic heterocycles. The van der Waals surface area contributed by atoms with Gasteiger partial charge in [-0.2, -0.15) is 0 Å². The van der Waals surface area contributed by atoms with E-state index < -0.39 is 0 Å². The summed E-state index contributed by atoms with van der Waals surface area (Å²) in [5, 5.41) is 0. The van der Waals surface area contributed by atoms with E-state index in [1.807, 2.05) is 10.6 Å². The molecule has 2 N–H and O–H groups in total. The lowest BCUT2D eigenvalue weighted by atomic mass is 10.1. The van der Waals surface area contributed by atoms with Crippen LogP contribution >= 0.6 is 0 Å². The fourth-order valence-corrected chi connectivity index (χ4v) is 2.49. The Morgan fingerprint density at radius 1 is 1.29 bits per heavy atom. The lowest BCUT2D eigenvalue weighted by Crippen LogP contribution is -2.28. The van der Waals surface area contributed by atoms with Gasteiger partial charge >= 0.3 is 0 Å². The van der Waals surface area contributed by atoms with E-state index in [1.54, 1.807) is 6.07 Å². The highest BCUT2D eigenvalue weighted by molar-refractivity contribution is 5.48. The zero-order chi connectivity index (χ0) is 12.3. The molecule has 2 heterocycles. The fraction of sp³-hybridized carbons (Fsp3) is 0.615. The van der Waals surface area contributed by atoms with Gasteiger partial charge in [0.1, 0.15) is 5.82 Å². The third-order valence-corrected chi connectivity index (χ3v) is 3.37. The number of hydrogen-bond donors (Lipinski definition) is 1. The van der Waals surface area contributed by atoms with E-state index in [1.165, 1.54) is 5.56 Å². The number of aryl methyl sites for hydroxylation is 1. The molecular formula is C13H21N3O. The van der Waals surface area contributed by atoms with Crippen molar-refractivity contribution in [3.05, 3.63) is 28.0 Å². The Balaban J connectivity index is 2.44. The summed E-state index contributed by atoms with van der Waals surface area (Å²) in [5.41, 5.74) is 6.93. The van der Waals surface area contributed by atoms with E-state index in [4.69, 9.17) is 5.73 Å². The third kappa shape index (κ3) is 2.52. The first kappa shape index (κ1) is 12.2. The standard InChI is InChI=1S/C13H21N3O/c1-15-9-2-3-10-16-12(17)7-6-11(13(15)16)5-4-8-14/h6-7H,2-5,8-10,14H2,1H3. The molecule has 0 saturated heterocycles. The van der Waals surface area contributed by atoms with Crippen LogP contribution in [0.4, 0.5) is 5.82 Å². The van der Waals surface area contributed by atoms with Crippen molar-refractivity contribution in [1.82, 2.24) is 4.57 Å². The molecular weight excluding hydrogens is 214 g/mol. The molecule has 0 fully saturated rings. The Morgan fingerprint density at radius 3 is 2.82 bits per heavy atom. The molecule has 17 heavy (non-hydrogen) atoms. The van der Waals surface area contributed by atoms with Crippen molar-refractivity contribution in [2.75, 3.05) is 25.0 Å². The predicted molar refractivity (Wildman–Crippen MR) is 70.6 cm³/mol. The number of pyridine rings is 1. The third-order valence-electron chi connectivity index (χ3n) is 3.37. The number of aromatic nitrogens is 1. The summed E-state index contributed by atoms with van der Waals surface area (Å²) in [5.74, 6) is 1.10. The van der Waals surface area contributed by atoms with Crippen LogP contribution in [0.1, 0.15) is 24.8 Å². The van der Waals surface area contributed by atoms with E-state index in [2.05, 4.69) is 11.9 Å². The largest absolute Gasteiger partial charge is 0.361 e. The first-order valence-electron chi connectivity index (χ1n) is 6.38. The molecule has 94 valence electrons. The highest BCUT2D eigenvalue weighted by Crippen LogP contribution is 2.22. The van der Waals surface area contributed by atoms with Crippen molar-refractivity contribution in [3.63, 3.8) is 0 Å². The number of fused-ring (bicyclic) bond motifs is 1. The minimum Gasteiger partial charge on any atom is -0.361 e. The van der Waals surface area contributed by atoms with Crippen LogP contribution in [0.15, 0.2) is 16.9 Å². The van der Waals surface area contributed by atoms with Crippen LogP contribution in [-0.4, -0.2) is 24.7 Å². The number of nitrogens with two attached hydrogens (primary N) is 1. The van der Waals surface area contributed by atoms with Crippen molar-refractivity contribution in [3.8, 4) is 0 Å². The highest BCUT2D eigenvalue weighted by atomic mass is 16.1. The lowest BCUT2D eigenvalue weighted by Gasteiger charge is -2.23. The zero-order valence-electron chi connectivity index (χ0n) is 10.5. The average Bonchev–Trinajstić information content (AvgIpc) is 2.52. The Hall–Kier alpha value is -1.29. The molecule has 0 aliphatic carbocycles. The van der Waals surface area contributed by atoms with Gasteiger partial charge in [-0.15, -0.1) is 0 Å². The van der Waals surface area contributed by atoms with Gasteiger partial charge in [-0.1, -0.05) is 0 Å². The Bertz CT molecular complexity index is 439. The van der Waals surface area contributed by atoms with Gasteiger partial charge in [0.2, 0.25) is 0 Å². The van der Waals surface area contributed by atoms with Gasteiger partial charge in [-0.25, -0.2) is 0 Å². The summed E-state index contributed by atoms with van der Waals surface area (Å²) >= 11 is 0. The molecule has 0 aromatic carbocycles. The number of nitrogens with zero attached hydrogens (tertiary/aromatic N) is 2. The summed E-state index contributed by atoms with van der Waals surface area (Å²) < 4.78 is 1.92. The second-order valence-electron chi connectivity index (χ2n) is 4.69. The second kappa shape index (κ2) is 5.36. The van der Waals surface area contributed by atoms with Crippen molar-refractivity contribution in [1.29, 1.82) is 0 Å². The van der Waals surface area contributed by atoms with E-state index in [0.29, 0.717) is 6.54 Å². The SMILES string of the molecule is CN1CCCCn2c1c(CCCN)ccc2=O. The molecule has 0 bridgehead atoms. The molecule has 1 aliphatic rings. The van der Waals surface area contributed by atoms with E-state index in [9.17, 15) is 4.79 Å². The first-order chi connectivity index (χ1) is 8.24. The van der Waals surface area contributed by atoms with E-state index in [0.717, 1.165) is 44.6 Å². The Kier molecular flexibility index (Phi) is 3.84. The fourth-order valence-electron chi connectivity index (χ4n) is 2.49. The summed E-state index contributed by atoms with van der Waals surface area (Å²) in [6.07, 6.45) is 4.15. The minimum atomic E-state index is 0.116. The molecule has 4 nitrogen and oxygen atoms in total. The smallest absolute Gasteiger partial charge is 0.252 e. The summed E-state index contributed by atoms with van der Waals surface area (Å²) in [7, 11) is 2.07. The van der Waals surface area contributed by atoms with Crippen LogP contribution in [0.5, 0.6) is 0 Å². The van der Waals surface area contributed by atoms with Gasteiger partial charge in [0.05, 0.1) is 0 Å². The Labute approximate surface area is 102 Å². The molecule has 0 unspecified atom stereocenters.